The first-order valence-electron chi connectivity index (χ1n) is 11.2. The van der Waals surface area contributed by atoms with Gasteiger partial charge in [0.05, 0.1) is 16.5 Å². The van der Waals surface area contributed by atoms with Crippen molar-refractivity contribution in [2.45, 2.75) is 75.7 Å². The largest absolute Gasteiger partial charge is 0.416 e. The summed E-state index contributed by atoms with van der Waals surface area (Å²) >= 11 is 0. The van der Waals surface area contributed by atoms with Gasteiger partial charge in [-0.3, -0.25) is 4.79 Å². The fourth-order valence-electron chi connectivity index (χ4n) is 4.83. The zero-order valence-corrected chi connectivity index (χ0v) is 19.5. The van der Waals surface area contributed by atoms with Crippen LogP contribution in [0.2, 0.25) is 0 Å². The van der Waals surface area contributed by atoms with Gasteiger partial charge in [-0.15, -0.1) is 0 Å². The third-order valence-corrected chi connectivity index (χ3v) is 8.24. The molecule has 4 atom stereocenters. The molecule has 1 saturated heterocycles. The maximum atomic E-state index is 13.0. The highest BCUT2D eigenvalue weighted by Gasteiger charge is 2.47. The molecule has 0 unspecified atom stereocenters. The van der Waals surface area contributed by atoms with E-state index in [9.17, 15) is 26.4 Å². The van der Waals surface area contributed by atoms with Crippen molar-refractivity contribution in [3.05, 3.63) is 29.8 Å². The Balaban J connectivity index is 1.67. The molecule has 1 aromatic carbocycles. The van der Waals surface area contributed by atoms with E-state index in [1.807, 2.05) is 20.8 Å². The molecule has 32 heavy (non-hydrogen) atoms. The number of hydrogen-bond acceptors (Lipinski definition) is 4. The van der Waals surface area contributed by atoms with Gasteiger partial charge in [-0.05, 0) is 55.4 Å². The summed E-state index contributed by atoms with van der Waals surface area (Å²) in [7, 11) is -3.89. The molecule has 2 N–H and O–H groups in total. The first-order chi connectivity index (χ1) is 14.9. The van der Waals surface area contributed by atoms with Gasteiger partial charge in [0.1, 0.15) is 0 Å². The lowest BCUT2D eigenvalue weighted by Gasteiger charge is -2.26. The number of benzene rings is 1. The number of carbonyl (C=O) groups is 1. The lowest BCUT2D eigenvalue weighted by atomic mass is 9.97. The molecule has 1 aliphatic carbocycles. The maximum absolute atomic E-state index is 13.0. The molecular formula is C22H32F3N3O3S. The maximum Gasteiger partial charge on any atom is 0.416 e. The highest BCUT2D eigenvalue weighted by Crippen LogP contribution is 2.40. The van der Waals surface area contributed by atoms with Gasteiger partial charge in [-0.1, -0.05) is 27.2 Å². The highest BCUT2D eigenvalue weighted by molar-refractivity contribution is 7.89. The minimum Gasteiger partial charge on any atom is -0.352 e. The Morgan fingerprint density at radius 3 is 2.38 bits per heavy atom. The molecule has 10 heteroatoms. The Labute approximate surface area is 188 Å². The van der Waals surface area contributed by atoms with Crippen LogP contribution >= 0.6 is 0 Å². The fourth-order valence-corrected chi connectivity index (χ4v) is 6.36. The van der Waals surface area contributed by atoms with E-state index in [1.54, 1.807) is 0 Å². The van der Waals surface area contributed by atoms with E-state index in [1.165, 1.54) is 4.31 Å². The van der Waals surface area contributed by atoms with E-state index in [0.717, 1.165) is 49.9 Å². The number of alkyl halides is 3. The van der Waals surface area contributed by atoms with Gasteiger partial charge in [0.15, 0.2) is 0 Å². The van der Waals surface area contributed by atoms with Crippen molar-refractivity contribution in [3.63, 3.8) is 0 Å². The number of rotatable bonds is 8. The predicted octanol–water partition coefficient (Wildman–Crippen LogP) is 3.39. The van der Waals surface area contributed by atoms with Crippen LogP contribution in [0.15, 0.2) is 29.2 Å². The van der Waals surface area contributed by atoms with Crippen molar-refractivity contribution in [2.24, 2.45) is 11.8 Å². The van der Waals surface area contributed by atoms with Gasteiger partial charge < -0.3 is 10.6 Å². The molecule has 0 aromatic heterocycles. The van der Waals surface area contributed by atoms with E-state index >= 15 is 0 Å². The lowest BCUT2D eigenvalue weighted by molar-refractivity contribution is -0.137. The molecule has 1 saturated carbocycles. The zero-order chi connectivity index (χ0) is 23.7. The molecular weight excluding hydrogens is 443 g/mol. The Kier molecular flexibility index (Phi) is 7.56. The van der Waals surface area contributed by atoms with Crippen molar-refractivity contribution in [2.75, 3.05) is 13.1 Å². The molecule has 1 amide bonds. The topological polar surface area (TPSA) is 78.5 Å². The van der Waals surface area contributed by atoms with Gasteiger partial charge in [0.25, 0.3) is 0 Å². The number of sulfonamides is 1. The standard InChI is InChI=1S/C22H32F3N3O3S/c1-4-5-20(26-14(2)3)21(29)27-19-11-6-15-12-28(13-18(15)19)32(30,31)17-9-7-16(8-10-17)22(23,24)25/h7-10,14-15,18-20,26H,4-6,11-13H2,1-3H3,(H,27,29)/t15-,18+,19+,20-/m0/s1. The third-order valence-electron chi connectivity index (χ3n) is 6.40. The van der Waals surface area contributed by atoms with Gasteiger partial charge >= 0.3 is 6.18 Å². The van der Waals surface area contributed by atoms with Crippen molar-refractivity contribution in [1.82, 2.24) is 14.9 Å². The van der Waals surface area contributed by atoms with Crippen molar-refractivity contribution in [1.29, 1.82) is 0 Å². The minimum absolute atomic E-state index is 0.00417. The second-order valence-electron chi connectivity index (χ2n) is 9.12. The van der Waals surface area contributed by atoms with E-state index in [2.05, 4.69) is 10.6 Å². The summed E-state index contributed by atoms with van der Waals surface area (Å²) in [4.78, 5) is 12.7. The quantitative estimate of drug-likeness (QED) is 0.604. The molecule has 3 rings (SSSR count). The first kappa shape index (κ1) is 25.0. The van der Waals surface area contributed by atoms with E-state index in [-0.39, 0.29) is 47.3 Å². The molecule has 2 aliphatic rings. The number of halogens is 3. The molecule has 0 spiro atoms. The number of amides is 1. The summed E-state index contributed by atoms with van der Waals surface area (Å²) in [6, 6.07) is 3.40. The van der Waals surface area contributed by atoms with Gasteiger partial charge in [-0.2, -0.15) is 17.5 Å². The number of fused-ring (bicyclic) bond motifs is 1. The monoisotopic (exact) mass is 475 g/mol. The normalized spacial score (nSPS) is 25.2. The summed E-state index contributed by atoms with van der Waals surface area (Å²) in [5, 5.41) is 6.41. The first-order valence-corrected chi connectivity index (χ1v) is 12.6. The van der Waals surface area contributed by atoms with Gasteiger partial charge in [0, 0.05) is 25.2 Å². The van der Waals surface area contributed by atoms with Crippen LogP contribution in [0.5, 0.6) is 0 Å². The molecule has 0 bridgehead atoms. The van der Waals surface area contributed by atoms with Crippen LogP contribution in [0.25, 0.3) is 0 Å². The smallest absolute Gasteiger partial charge is 0.352 e. The molecule has 1 heterocycles. The van der Waals surface area contributed by atoms with E-state index in [0.29, 0.717) is 6.54 Å². The average molecular weight is 476 g/mol. The summed E-state index contributed by atoms with van der Waals surface area (Å²) in [6.45, 7) is 6.58. The third kappa shape index (κ3) is 5.46. The molecule has 1 aliphatic heterocycles. The minimum atomic E-state index is -4.52. The van der Waals surface area contributed by atoms with Crippen LogP contribution in [0.1, 0.15) is 52.0 Å². The Bertz CT molecular complexity index is 903. The highest BCUT2D eigenvalue weighted by atomic mass is 32.2. The van der Waals surface area contributed by atoms with Crippen LogP contribution < -0.4 is 10.6 Å². The Morgan fingerprint density at radius 1 is 1.16 bits per heavy atom. The van der Waals surface area contributed by atoms with Gasteiger partial charge in [0.2, 0.25) is 15.9 Å². The summed E-state index contributed by atoms with van der Waals surface area (Å²) in [6.07, 6.45) is -1.31. The van der Waals surface area contributed by atoms with Crippen LogP contribution in [0.4, 0.5) is 13.2 Å². The van der Waals surface area contributed by atoms with Crippen LogP contribution in [0.3, 0.4) is 0 Å². The number of carbonyl (C=O) groups excluding carboxylic acids is 1. The molecule has 180 valence electrons. The van der Waals surface area contributed by atoms with Crippen LogP contribution in [0, 0.1) is 11.8 Å². The van der Waals surface area contributed by atoms with E-state index in [4.69, 9.17) is 0 Å². The molecule has 0 radical (unpaired) electrons. The Hall–Kier alpha value is -1.65. The molecule has 6 nitrogen and oxygen atoms in total. The lowest BCUT2D eigenvalue weighted by Crippen LogP contribution is -2.51. The number of hydrogen-bond donors (Lipinski definition) is 2. The summed E-state index contributed by atoms with van der Waals surface area (Å²) in [5.41, 5.74) is -0.880. The number of nitrogens with one attached hydrogen (secondary N) is 2. The predicted molar refractivity (Wildman–Crippen MR) is 115 cm³/mol. The van der Waals surface area contributed by atoms with Crippen molar-refractivity contribution >= 4 is 15.9 Å². The second kappa shape index (κ2) is 9.69. The van der Waals surface area contributed by atoms with Gasteiger partial charge in [-0.25, -0.2) is 8.42 Å². The molecule has 2 fully saturated rings. The second-order valence-corrected chi connectivity index (χ2v) is 11.1. The molecule has 1 aromatic rings. The van der Waals surface area contributed by atoms with E-state index < -0.39 is 21.8 Å². The summed E-state index contributed by atoms with van der Waals surface area (Å²) in [5.74, 6) is 0.0759. The zero-order valence-electron chi connectivity index (χ0n) is 18.7. The average Bonchev–Trinajstić information content (AvgIpc) is 3.29. The van der Waals surface area contributed by atoms with Crippen molar-refractivity contribution < 1.29 is 26.4 Å². The summed E-state index contributed by atoms with van der Waals surface area (Å²) < 4.78 is 65.8. The Morgan fingerprint density at radius 2 is 1.81 bits per heavy atom. The SMILES string of the molecule is CCC[C@H](NC(C)C)C(=O)N[C@@H]1CC[C@H]2CN(S(=O)(=O)c3ccc(C(F)(F)F)cc3)C[C@H]21. The van der Waals surface area contributed by atoms with Crippen molar-refractivity contribution in [3.8, 4) is 0 Å². The van der Waals surface area contributed by atoms with Crippen LogP contribution in [-0.2, 0) is 21.0 Å². The fraction of sp³-hybridized carbons (Fsp3) is 0.682. The number of nitrogens with zero attached hydrogens (tertiary/aromatic N) is 1. The van der Waals surface area contributed by atoms with Crippen LogP contribution in [-0.4, -0.2) is 49.8 Å².